The van der Waals surface area contributed by atoms with Crippen LogP contribution in [0.1, 0.15) is 32.8 Å². The van der Waals surface area contributed by atoms with Crippen molar-refractivity contribution in [1.82, 2.24) is 5.32 Å². The Balaban J connectivity index is 2.70. The van der Waals surface area contributed by atoms with Gasteiger partial charge >= 0.3 is 12.3 Å². The summed E-state index contributed by atoms with van der Waals surface area (Å²) in [5, 5.41) is 2.52. The highest BCUT2D eigenvalue weighted by molar-refractivity contribution is 6.28. The molecule has 0 aliphatic rings. The highest BCUT2D eigenvalue weighted by atomic mass is 16.6. The van der Waals surface area contributed by atoms with E-state index in [9.17, 15) is 9.59 Å². The van der Waals surface area contributed by atoms with Crippen LogP contribution in [0, 0.1) is 0 Å². The quantitative estimate of drug-likeness (QED) is 0.497. The van der Waals surface area contributed by atoms with Gasteiger partial charge in [-0.2, -0.15) is 4.79 Å². The van der Waals surface area contributed by atoms with Crippen molar-refractivity contribution in [3.05, 3.63) is 41.4 Å². The average molecular weight is 303 g/mol. The number of benzene rings is 1. The molecule has 0 aliphatic carbocycles. The number of nitrogens with zero attached hydrogens (tertiary/aromatic N) is 2. The molecule has 118 valence electrons. The molecular weight excluding hydrogens is 282 g/mol. The zero-order chi connectivity index (χ0) is 16.6. The number of hydrogen-bond acceptors (Lipinski definition) is 3. The molecule has 1 N–H and O–H groups in total. The van der Waals surface area contributed by atoms with Gasteiger partial charge in [-0.3, -0.25) is 4.79 Å². The molecule has 6 nitrogen and oxygen atoms in total. The fourth-order valence-electron chi connectivity index (χ4n) is 1.84. The number of amides is 1. The van der Waals surface area contributed by atoms with E-state index < -0.39 is 23.5 Å². The second kappa shape index (κ2) is 8.10. The normalized spacial score (nSPS) is 12.0. The summed E-state index contributed by atoms with van der Waals surface area (Å²) in [4.78, 5) is 26.4. The molecule has 1 aromatic rings. The third-order valence-corrected chi connectivity index (χ3v) is 2.78. The minimum atomic E-state index is -0.800. The van der Waals surface area contributed by atoms with E-state index in [1.807, 2.05) is 30.3 Å². The van der Waals surface area contributed by atoms with Crippen LogP contribution in [0.25, 0.3) is 5.53 Å². The number of nitrogens with one attached hydrogen (secondary N) is 1. The van der Waals surface area contributed by atoms with Crippen LogP contribution in [-0.4, -0.2) is 34.5 Å². The van der Waals surface area contributed by atoms with Crippen LogP contribution in [0.3, 0.4) is 0 Å². The Morgan fingerprint density at radius 3 is 2.50 bits per heavy atom. The smallest absolute Gasteiger partial charge is 0.408 e. The van der Waals surface area contributed by atoms with Gasteiger partial charge in [0.1, 0.15) is 11.6 Å². The minimum Gasteiger partial charge on any atom is -0.444 e. The molecule has 0 heterocycles. The number of ketones is 1. The molecular formula is C16H21N3O3. The number of ether oxygens (including phenoxy) is 1. The molecule has 0 spiro atoms. The standard InChI is InChI=1S/C16H21N3O3/c1-16(2,3)22-15(21)19-13(14(20)11-18-17)10-9-12-7-5-4-6-8-12/h4-8,11,13H,9-10H2,1-3H3,(H,19,21). The second-order valence-electron chi connectivity index (χ2n) is 5.87. The number of rotatable bonds is 6. The van der Waals surface area contributed by atoms with E-state index in [2.05, 4.69) is 10.1 Å². The average Bonchev–Trinajstić information content (AvgIpc) is 2.42. The maximum atomic E-state index is 11.9. The predicted molar refractivity (Wildman–Crippen MR) is 82.6 cm³/mol. The summed E-state index contributed by atoms with van der Waals surface area (Å²) in [5.41, 5.74) is 8.89. The molecule has 0 aliphatic heterocycles. The number of aryl methyl sites for hydroxylation is 1. The first-order valence-corrected chi connectivity index (χ1v) is 7.06. The summed E-state index contributed by atoms with van der Waals surface area (Å²) in [7, 11) is 0. The number of Topliss-reactive ketones (excluding diaryl/α,β-unsaturated/α-hetero) is 1. The topological polar surface area (TPSA) is 91.8 Å². The van der Waals surface area contributed by atoms with Gasteiger partial charge < -0.3 is 15.6 Å². The summed E-state index contributed by atoms with van der Waals surface area (Å²) >= 11 is 0. The van der Waals surface area contributed by atoms with E-state index in [1.54, 1.807) is 20.8 Å². The predicted octanol–water partition coefficient (Wildman–Crippen LogP) is 2.38. The Morgan fingerprint density at radius 1 is 1.32 bits per heavy atom. The lowest BCUT2D eigenvalue weighted by molar-refractivity contribution is -0.118. The monoisotopic (exact) mass is 303 g/mol. The van der Waals surface area contributed by atoms with Crippen LogP contribution in [0.2, 0.25) is 0 Å². The van der Waals surface area contributed by atoms with E-state index in [1.165, 1.54) is 0 Å². The lowest BCUT2D eigenvalue weighted by atomic mass is 10.0. The van der Waals surface area contributed by atoms with E-state index in [4.69, 9.17) is 10.3 Å². The van der Waals surface area contributed by atoms with Gasteiger partial charge in [0.05, 0.1) is 0 Å². The lowest BCUT2D eigenvalue weighted by Crippen LogP contribution is -2.44. The maximum absolute atomic E-state index is 11.9. The minimum absolute atomic E-state index is 0.383. The van der Waals surface area contributed by atoms with Crippen LogP contribution in [0.5, 0.6) is 0 Å². The summed E-state index contributed by atoms with van der Waals surface area (Å²) in [6.45, 7) is 5.22. The van der Waals surface area contributed by atoms with Crippen LogP contribution < -0.4 is 5.32 Å². The van der Waals surface area contributed by atoms with Crippen molar-refractivity contribution >= 4 is 18.1 Å². The van der Waals surface area contributed by atoms with Crippen molar-refractivity contribution < 1.29 is 19.1 Å². The highest BCUT2D eigenvalue weighted by Gasteiger charge is 2.25. The van der Waals surface area contributed by atoms with Crippen LogP contribution in [-0.2, 0) is 16.0 Å². The van der Waals surface area contributed by atoms with E-state index >= 15 is 0 Å². The van der Waals surface area contributed by atoms with Crippen molar-refractivity contribution in [2.45, 2.75) is 45.3 Å². The van der Waals surface area contributed by atoms with Crippen molar-refractivity contribution in [2.24, 2.45) is 0 Å². The Labute approximate surface area is 130 Å². The van der Waals surface area contributed by atoms with Gasteiger partial charge in [0.25, 0.3) is 5.78 Å². The van der Waals surface area contributed by atoms with Crippen molar-refractivity contribution in [1.29, 1.82) is 0 Å². The van der Waals surface area contributed by atoms with E-state index in [0.717, 1.165) is 11.8 Å². The third-order valence-electron chi connectivity index (χ3n) is 2.78. The molecule has 1 rings (SSSR count). The molecule has 1 unspecified atom stereocenters. The molecule has 0 bridgehead atoms. The summed E-state index contributed by atoms with van der Waals surface area (Å²) < 4.78 is 5.14. The Bertz CT molecular complexity index is 558. The summed E-state index contributed by atoms with van der Waals surface area (Å²) in [5.74, 6) is -0.482. The van der Waals surface area contributed by atoms with Gasteiger partial charge in [0, 0.05) is 0 Å². The van der Waals surface area contributed by atoms with E-state index in [0.29, 0.717) is 12.8 Å². The van der Waals surface area contributed by atoms with Gasteiger partial charge in [-0.25, -0.2) is 4.79 Å². The van der Waals surface area contributed by atoms with Gasteiger partial charge in [-0.15, -0.1) is 0 Å². The maximum Gasteiger partial charge on any atom is 0.408 e. The molecule has 0 saturated heterocycles. The van der Waals surface area contributed by atoms with Gasteiger partial charge in [0.2, 0.25) is 0 Å². The Hall–Kier alpha value is -2.46. The fourth-order valence-corrected chi connectivity index (χ4v) is 1.84. The number of hydrogen-bond donors (Lipinski definition) is 1. The molecule has 1 atom stereocenters. The first-order valence-electron chi connectivity index (χ1n) is 7.06. The van der Waals surface area contributed by atoms with Crippen LogP contribution >= 0.6 is 0 Å². The zero-order valence-electron chi connectivity index (χ0n) is 13.1. The molecule has 0 saturated carbocycles. The molecule has 1 aromatic carbocycles. The Kier molecular flexibility index (Phi) is 6.47. The molecule has 6 heteroatoms. The van der Waals surface area contributed by atoms with Crippen LogP contribution in [0.15, 0.2) is 30.3 Å². The van der Waals surface area contributed by atoms with Crippen LogP contribution in [0.4, 0.5) is 4.79 Å². The number of carbonyl (C=O) groups is 2. The van der Waals surface area contributed by atoms with Gasteiger partial charge in [0.15, 0.2) is 0 Å². The molecule has 22 heavy (non-hydrogen) atoms. The zero-order valence-corrected chi connectivity index (χ0v) is 13.1. The second-order valence-corrected chi connectivity index (χ2v) is 5.87. The Morgan fingerprint density at radius 2 is 1.95 bits per heavy atom. The first-order chi connectivity index (χ1) is 10.3. The van der Waals surface area contributed by atoms with Crippen molar-refractivity contribution in [3.63, 3.8) is 0 Å². The van der Waals surface area contributed by atoms with Crippen molar-refractivity contribution in [3.8, 4) is 0 Å². The molecule has 0 radical (unpaired) electrons. The molecule has 0 fully saturated rings. The fraction of sp³-hybridized carbons (Fsp3) is 0.438. The highest BCUT2D eigenvalue weighted by Crippen LogP contribution is 2.09. The summed E-state index contributed by atoms with van der Waals surface area (Å²) in [6, 6.07) is 8.80. The van der Waals surface area contributed by atoms with Crippen molar-refractivity contribution in [2.75, 3.05) is 0 Å². The SMILES string of the molecule is CC(C)(C)OC(=O)NC(CCc1ccccc1)C(=O)C=[N+]=[N-]. The molecule has 1 amide bonds. The van der Waals surface area contributed by atoms with Gasteiger partial charge in [-0.1, -0.05) is 30.3 Å². The number of carbonyl (C=O) groups excluding carboxylic acids is 2. The third kappa shape index (κ3) is 6.81. The number of alkyl carbamates (subject to hydrolysis) is 1. The van der Waals surface area contributed by atoms with E-state index in [-0.39, 0.29) is 0 Å². The molecule has 0 aromatic heterocycles. The first kappa shape index (κ1) is 17.6. The van der Waals surface area contributed by atoms with Gasteiger partial charge in [-0.05, 0) is 39.2 Å². The largest absolute Gasteiger partial charge is 0.444 e. The lowest BCUT2D eigenvalue weighted by Gasteiger charge is -2.22. The summed E-state index contributed by atoms with van der Waals surface area (Å²) in [6.07, 6.45) is 1.10.